The van der Waals surface area contributed by atoms with Gasteiger partial charge in [0.15, 0.2) is 0 Å². The highest BCUT2D eigenvalue weighted by Gasteiger charge is 2.28. The summed E-state index contributed by atoms with van der Waals surface area (Å²) in [7, 11) is 1.51. The molecule has 2 rings (SSSR count). The number of nitro groups is 1. The molecule has 3 atom stereocenters. The Morgan fingerprint density at radius 3 is 2.75 bits per heavy atom. The molecule has 0 amide bonds. The Kier molecular flexibility index (Phi) is 4.47. The van der Waals surface area contributed by atoms with Crippen molar-refractivity contribution in [3.05, 3.63) is 28.3 Å². The highest BCUT2D eigenvalue weighted by atomic mass is 16.6. The Balaban J connectivity index is 2.22. The smallest absolute Gasteiger partial charge is 0.296 e. The third-order valence-corrected chi connectivity index (χ3v) is 4.45. The number of nitrogens with zero attached hydrogens (tertiary/aromatic N) is 1. The highest BCUT2D eigenvalue weighted by Crippen LogP contribution is 2.35. The van der Waals surface area contributed by atoms with Crippen LogP contribution in [0.4, 0.5) is 11.4 Å². The Bertz CT molecular complexity index is 490. The Hall–Kier alpha value is -1.78. The van der Waals surface area contributed by atoms with Gasteiger partial charge in [0.25, 0.3) is 5.69 Å². The lowest BCUT2D eigenvalue weighted by molar-refractivity contribution is -0.384. The third-order valence-electron chi connectivity index (χ3n) is 4.45. The van der Waals surface area contributed by atoms with Crippen LogP contribution in [0.15, 0.2) is 18.2 Å². The summed E-state index contributed by atoms with van der Waals surface area (Å²) in [6, 6.07) is 5.26. The average molecular weight is 278 g/mol. The van der Waals surface area contributed by atoms with Gasteiger partial charge in [-0.3, -0.25) is 10.1 Å². The zero-order chi connectivity index (χ0) is 14.7. The topological polar surface area (TPSA) is 64.4 Å². The maximum atomic E-state index is 11.2. The van der Waals surface area contributed by atoms with Gasteiger partial charge in [-0.2, -0.15) is 0 Å². The van der Waals surface area contributed by atoms with Crippen molar-refractivity contribution in [3.63, 3.8) is 0 Å². The number of hydrogen-bond donors (Lipinski definition) is 1. The summed E-state index contributed by atoms with van der Waals surface area (Å²) < 4.78 is 5.06. The quantitative estimate of drug-likeness (QED) is 0.671. The first-order valence-corrected chi connectivity index (χ1v) is 7.12. The van der Waals surface area contributed by atoms with Crippen molar-refractivity contribution in [2.75, 3.05) is 12.4 Å². The molecule has 1 saturated carbocycles. The van der Waals surface area contributed by atoms with Crippen molar-refractivity contribution in [1.82, 2.24) is 0 Å². The summed E-state index contributed by atoms with van der Waals surface area (Å²) in [6.07, 6.45) is 3.48. The molecule has 1 aromatic rings. The maximum absolute atomic E-state index is 11.2. The molecule has 0 aromatic heterocycles. The second-order valence-corrected chi connectivity index (χ2v) is 5.66. The van der Waals surface area contributed by atoms with E-state index < -0.39 is 0 Å². The van der Waals surface area contributed by atoms with Crippen molar-refractivity contribution in [1.29, 1.82) is 0 Å². The Morgan fingerprint density at radius 2 is 2.10 bits per heavy atom. The molecule has 5 heteroatoms. The standard InChI is InChI=1S/C15H22N2O3/c1-10-5-4-6-13(11(10)2)16-14-8-7-12(20-3)9-15(14)17(18)19/h7-11,13,16H,4-6H2,1-3H3. The maximum Gasteiger partial charge on any atom is 0.296 e. The van der Waals surface area contributed by atoms with E-state index in [1.807, 2.05) is 0 Å². The molecule has 0 heterocycles. The lowest BCUT2D eigenvalue weighted by atomic mass is 9.78. The molecule has 1 aliphatic rings. The van der Waals surface area contributed by atoms with Crippen LogP contribution < -0.4 is 10.1 Å². The molecule has 20 heavy (non-hydrogen) atoms. The molecule has 1 N–H and O–H groups in total. The molecule has 0 aliphatic heterocycles. The van der Waals surface area contributed by atoms with E-state index >= 15 is 0 Å². The average Bonchev–Trinajstić information content (AvgIpc) is 2.44. The number of nitro benzene ring substituents is 1. The van der Waals surface area contributed by atoms with Gasteiger partial charge in [-0.05, 0) is 30.4 Å². The van der Waals surface area contributed by atoms with E-state index in [0.29, 0.717) is 29.3 Å². The van der Waals surface area contributed by atoms with Gasteiger partial charge < -0.3 is 10.1 Å². The molecule has 0 radical (unpaired) electrons. The number of ether oxygens (including phenoxy) is 1. The van der Waals surface area contributed by atoms with Gasteiger partial charge >= 0.3 is 0 Å². The molecule has 5 nitrogen and oxygen atoms in total. The van der Waals surface area contributed by atoms with Gasteiger partial charge in [-0.1, -0.05) is 26.7 Å². The van der Waals surface area contributed by atoms with Gasteiger partial charge in [-0.25, -0.2) is 0 Å². The van der Waals surface area contributed by atoms with Crippen molar-refractivity contribution in [2.45, 2.75) is 39.2 Å². The SMILES string of the molecule is COc1ccc(NC2CCCC(C)C2C)c([N+](=O)[O-])c1. The summed E-state index contributed by atoms with van der Waals surface area (Å²) in [5.74, 6) is 1.68. The van der Waals surface area contributed by atoms with E-state index in [0.717, 1.165) is 6.42 Å². The number of rotatable bonds is 4. The largest absolute Gasteiger partial charge is 0.496 e. The van der Waals surface area contributed by atoms with Crippen molar-refractivity contribution in [2.24, 2.45) is 11.8 Å². The van der Waals surface area contributed by atoms with Crippen LogP contribution in [-0.2, 0) is 0 Å². The molecule has 0 bridgehead atoms. The van der Waals surface area contributed by atoms with Crippen LogP contribution >= 0.6 is 0 Å². The number of nitrogens with one attached hydrogen (secondary N) is 1. The van der Waals surface area contributed by atoms with Crippen LogP contribution in [0.3, 0.4) is 0 Å². The van der Waals surface area contributed by atoms with Crippen LogP contribution in [0.25, 0.3) is 0 Å². The zero-order valence-corrected chi connectivity index (χ0v) is 12.3. The molecule has 1 fully saturated rings. The molecule has 110 valence electrons. The monoisotopic (exact) mass is 278 g/mol. The number of benzene rings is 1. The van der Waals surface area contributed by atoms with Gasteiger partial charge in [-0.15, -0.1) is 0 Å². The summed E-state index contributed by atoms with van der Waals surface area (Å²) >= 11 is 0. The van der Waals surface area contributed by atoms with E-state index in [1.54, 1.807) is 12.1 Å². The van der Waals surface area contributed by atoms with E-state index in [4.69, 9.17) is 4.74 Å². The number of hydrogen-bond acceptors (Lipinski definition) is 4. The van der Waals surface area contributed by atoms with Crippen LogP contribution in [0.5, 0.6) is 5.75 Å². The van der Waals surface area contributed by atoms with Crippen LogP contribution in [-0.4, -0.2) is 18.1 Å². The number of methoxy groups -OCH3 is 1. The first kappa shape index (κ1) is 14.6. The first-order valence-electron chi connectivity index (χ1n) is 7.12. The minimum Gasteiger partial charge on any atom is -0.496 e. The summed E-state index contributed by atoms with van der Waals surface area (Å²) in [4.78, 5) is 10.8. The van der Waals surface area contributed by atoms with Crippen LogP contribution in [0, 0.1) is 22.0 Å². The molecule has 0 saturated heterocycles. The van der Waals surface area contributed by atoms with Crippen LogP contribution in [0.2, 0.25) is 0 Å². The fourth-order valence-electron chi connectivity index (χ4n) is 2.90. The number of anilines is 1. The van der Waals surface area contributed by atoms with Crippen molar-refractivity contribution in [3.8, 4) is 5.75 Å². The Morgan fingerprint density at radius 1 is 1.35 bits per heavy atom. The second kappa shape index (κ2) is 6.11. The van der Waals surface area contributed by atoms with E-state index in [2.05, 4.69) is 19.2 Å². The fourth-order valence-corrected chi connectivity index (χ4v) is 2.90. The molecular formula is C15H22N2O3. The molecule has 1 aliphatic carbocycles. The normalized spacial score (nSPS) is 26.1. The van der Waals surface area contributed by atoms with Crippen molar-refractivity contribution < 1.29 is 9.66 Å². The lowest BCUT2D eigenvalue weighted by Gasteiger charge is -2.35. The Labute approximate surface area is 119 Å². The minimum atomic E-state index is -0.359. The first-order chi connectivity index (χ1) is 9.52. The summed E-state index contributed by atoms with van der Waals surface area (Å²) in [5, 5.41) is 14.6. The summed E-state index contributed by atoms with van der Waals surface area (Å²) in [6.45, 7) is 4.47. The third kappa shape index (κ3) is 3.03. The minimum absolute atomic E-state index is 0.0785. The van der Waals surface area contributed by atoms with Gasteiger partial charge in [0, 0.05) is 6.04 Å². The lowest BCUT2D eigenvalue weighted by Crippen LogP contribution is -2.35. The zero-order valence-electron chi connectivity index (χ0n) is 12.3. The predicted molar refractivity (Wildman–Crippen MR) is 79.2 cm³/mol. The summed E-state index contributed by atoms with van der Waals surface area (Å²) in [5.41, 5.74) is 0.663. The molecular weight excluding hydrogens is 256 g/mol. The van der Waals surface area contributed by atoms with E-state index in [1.165, 1.54) is 26.0 Å². The molecule has 0 spiro atoms. The van der Waals surface area contributed by atoms with E-state index in [9.17, 15) is 10.1 Å². The molecule has 3 unspecified atom stereocenters. The second-order valence-electron chi connectivity index (χ2n) is 5.66. The van der Waals surface area contributed by atoms with E-state index in [-0.39, 0.29) is 10.6 Å². The predicted octanol–water partition coefficient (Wildman–Crippen LogP) is 3.84. The van der Waals surface area contributed by atoms with Gasteiger partial charge in [0.05, 0.1) is 18.1 Å². The molecule has 1 aromatic carbocycles. The van der Waals surface area contributed by atoms with Gasteiger partial charge in [0.1, 0.15) is 11.4 Å². The highest BCUT2D eigenvalue weighted by molar-refractivity contribution is 5.64. The van der Waals surface area contributed by atoms with Crippen molar-refractivity contribution >= 4 is 11.4 Å². The van der Waals surface area contributed by atoms with Crippen LogP contribution in [0.1, 0.15) is 33.1 Å². The van der Waals surface area contributed by atoms with Gasteiger partial charge in [0.2, 0.25) is 0 Å². The fraction of sp³-hybridized carbons (Fsp3) is 0.600.